The van der Waals surface area contributed by atoms with Crippen molar-refractivity contribution in [1.29, 1.82) is 0 Å². The summed E-state index contributed by atoms with van der Waals surface area (Å²) in [5.74, 6) is -1.58. The van der Waals surface area contributed by atoms with Gasteiger partial charge in [-0.25, -0.2) is 4.39 Å². The number of nitrogens with one attached hydrogen (secondary N) is 3. The molecular weight excluding hydrogens is 380 g/mol. The van der Waals surface area contributed by atoms with Crippen molar-refractivity contribution >= 4 is 17.3 Å². The van der Waals surface area contributed by atoms with E-state index in [1.54, 1.807) is 7.05 Å². The van der Waals surface area contributed by atoms with Gasteiger partial charge in [0.1, 0.15) is 5.82 Å². The number of carbonyl (C=O) groups excluding carboxylic acids is 1. The molecular formula is C18H18F4N4O2. The molecule has 2 aromatic rings. The second-order valence-corrected chi connectivity index (χ2v) is 6.46. The van der Waals surface area contributed by atoms with Gasteiger partial charge in [-0.05, 0) is 31.7 Å². The van der Waals surface area contributed by atoms with E-state index >= 15 is 0 Å². The average Bonchev–Trinajstić information content (AvgIpc) is 3.11. The molecule has 1 aliphatic rings. The molecule has 10 heteroatoms. The van der Waals surface area contributed by atoms with Crippen molar-refractivity contribution in [2.24, 2.45) is 0 Å². The molecule has 0 saturated carbocycles. The number of pyridine rings is 1. The highest BCUT2D eigenvalue weighted by atomic mass is 19.4. The molecule has 150 valence electrons. The van der Waals surface area contributed by atoms with Crippen LogP contribution in [0.1, 0.15) is 22.3 Å². The number of amides is 1. The summed E-state index contributed by atoms with van der Waals surface area (Å²) < 4.78 is 53.3. The van der Waals surface area contributed by atoms with Crippen molar-refractivity contribution in [3.05, 3.63) is 57.8 Å². The summed E-state index contributed by atoms with van der Waals surface area (Å²) in [5.41, 5.74) is -2.47. The first-order valence-electron chi connectivity index (χ1n) is 8.52. The number of hydrogen-bond acceptors (Lipinski definition) is 4. The Bertz CT molecular complexity index is 942. The van der Waals surface area contributed by atoms with E-state index < -0.39 is 34.6 Å². The normalized spacial score (nSPS) is 17.0. The van der Waals surface area contributed by atoms with Crippen LogP contribution in [-0.4, -0.2) is 37.1 Å². The number of benzene rings is 1. The largest absolute Gasteiger partial charge is 0.417 e. The monoisotopic (exact) mass is 398 g/mol. The number of anilines is 2. The van der Waals surface area contributed by atoms with Gasteiger partial charge in [0.25, 0.3) is 5.91 Å². The lowest BCUT2D eigenvalue weighted by molar-refractivity contribution is -0.138. The summed E-state index contributed by atoms with van der Waals surface area (Å²) >= 11 is 0. The van der Waals surface area contributed by atoms with E-state index in [0.717, 1.165) is 18.7 Å². The Labute approximate surface area is 157 Å². The Morgan fingerprint density at radius 2 is 2.04 bits per heavy atom. The van der Waals surface area contributed by atoms with Crippen LogP contribution in [-0.2, 0) is 6.18 Å². The molecule has 1 aromatic heterocycles. The van der Waals surface area contributed by atoms with Gasteiger partial charge >= 0.3 is 6.18 Å². The molecule has 0 bridgehead atoms. The number of carbonyl (C=O) groups is 1. The average molecular weight is 398 g/mol. The minimum Gasteiger partial charge on any atom is -0.368 e. The highest BCUT2D eigenvalue weighted by molar-refractivity contribution is 6.06. The van der Waals surface area contributed by atoms with E-state index in [1.165, 1.54) is 12.1 Å². The predicted molar refractivity (Wildman–Crippen MR) is 96.1 cm³/mol. The molecule has 3 rings (SSSR count). The Balaban J connectivity index is 1.93. The lowest BCUT2D eigenvalue weighted by atomic mass is 10.1. The van der Waals surface area contributed by atoms with E-state index in [0.29, 0.717) is 24.8 Å². The molecule has 0 radical (unpaired) electrons. The van der Waals surface area contributed by atoms with Gasteiger partial charge in [-0.1, -0.05) is 0 Å². The predicted octanol–water partition coefficient (Wildman–Crippen LogP) is 2.58. The number of rotatable bonds is 4. The van der Waals surface area contributed by atoms with Gasteiger partial charge in [-0.2, -0.15) is 13.2 Å². The summed E-state index contributed by atoms with van der Waals surface area (Å²) in [6.07, 6.45) is -3.35. The first kappa shape index (κ1) is 19.9. The van der Waals surface area contributed by atoms with Gasteiger partial charge in [0, 0.05) is 31.4 Å². The molecule has 1 fully saturated rings. The standard InChI is InChI=1S/C18H18F4N4O2/c1-23-11-4-5-26(9-11)15-6-10(19)2-3-14(15)25-17(28)12-8-24-16(27)7-13(12)18(20,21)22/h2-3,6-8,11,23H,4-5,9H2,1H3,(H,24,27)(H,25,28). The molecule has 3 N–H and O–H groups in total. The van der Waals surface area contributed by atoms with Crippen LogP contribution >= 0.6 is 0 Å². The molecule has 28 heavy (non-hydrogen) atoms. The third-order valence-electron chi connectivity index (χ3n) is 4.62. The summed E-state index contributed by atoms with van der Waals surface area (Å²) in [4.78, 5) is 27.7. The zero-order valence-electron chi connectivity index (χ0n) is 14.9. The highest BCUT2D eigenvalue weighted by Crippen LogP contribution is 2.33. The van der Waals surface area contributed by atoms with Crippen LogP contribution in [0.25, 0.3) is 0 Å². The maximum absolute atomic E-state index is 13.8. The smallest absolute Gasteiger partial charge is 0.368 e. The van der Waals surface area contributed by atoms with E-state index in [2.05, 4.69) is 15.6 Å². The zero-order valence-corrected chi connectivity index (χ0v) is 14.9. The first-order chi connectivity index (χ1) is 13.2. The Kier molecular flexibility index (Phi) is 5.41. The molecule has 6 nitrogen and oxygen atoms in total. The number of H-pyrrole nitrogens is 1. The molecule has 2 heterocycles. The van der Waals surface area contributed by atoms with Crippen LogP contribution < -0.4 is 21.1 Å². The third-order valence-corrected chi connectivity index (χ3v) is 4.62. The molecule has 1 amide bonds. The molecule has 1 atom stereocenters. The second kappa shape index (κ2) is 7.63. The van der Waals surface area contributed by atoms with E-state index in [4.69, 9.17) is 0 Å². The maximum Gasteiger partial charge on any atom is 0.417 e. The minimum atomic E-state index is -4.87. The van der Waals surface area contributed by atoms with Gasteiger partial charge in [0.05, 0.1) is 22.5 Å². The lowest BCUT2D eigenvalue weighted by Crippen LogP contribution is -2.30. The van der Waals surface area contributed by atoms with Crippen LogP contribution in [0.5, 0.6) is 0 Å². The fourth-order valence-corrected chi connectivity index (χ4v) is 3.17. The fraction of sp³-hybridized carbons (Fsp3) is 0.333. The number of likely N-dealkylation sites (N-methyl/N-ethyl adjacent to an activating group) is 1. The van der Waals surface area contributed by atoms with Crippen molar-refractivity contribution in [2.45, 2.75) is 18.6 Å². The van der Waals surface area contributed by atoms with E-state index in [1.807, 2.05) is 4.90 Å². The Hall–Kier alpha value is -2.88. The second-order valence-electron chi connectivity index (χ2n) is 6.46. The van der Waals surface area contributed by atoms with Crippen LogP contribution in [0.3, 0.4) is 0 Å². The first-order valence-corrected chi connectivity index (χ1v) is 8.52. The molecule has 0 aliphatic carbocycles. The number of aromatic amines is 1. The fourth-order valence-electron chi connectivity index (χ4n) is 3.17. The number of aromatic nitrogens is 1. The van der Waals surface area contributed by atoms with Gasteiger partial charge < -0.3 is 20.5 Å². The molecule has 1 aliphatic heterocycles. The van der Waals surface area contributed by atoms with Crippen molar-refractivity contribution in [3.63, 3.8) is 0 Å². The lowest BCUT2D eigenvalue weighted by Gasteiger charge is -2.23. The van der Waals surface area contributed by atoms with Crippen molar-refractivity contribution < 1.29 is 22.4 Å². The third kappa shape index (κ3) is 4.16. The summed E-state index contributed by atoms with van der Waals surface area (Å²) in [6, 6.07) is 4.16. The van der Waals surface area contributed by atoms with Crippen molar-refractivity contribution in [3.8, 4) is 0 Å². The number of halogens is 4. The molecule has 0 spiro atoms. The Morgan fingerprint density at radius 1 is 1.29 bits per heavy atom. The SMILES string of the molecule is CNC1CCN(c2cc(F)ccc2NC(=O)c2c[nH]c(=O)cc2C(F)(F)F)C1. The zero-order chi connectivity index (χ0) is 20.5. The van der Waals surface area contributed by atoms with E-state index in [9.17, 15) is 27.2 Å². The van der Waals surface area contributed by atoms with Crippen LogP contribution in [0.2, 0.25) is 0 Å². The minimum absolute atomic E-state index is 0.183. The van der Waals surface area contributed by atoms with E-state index in [-0.39, 0.29) is 11.7 Å². The molecule has 1 aromatic carbocycles. The number of nitrogens with zero attached hydrogens (tertiary/aromatic N) is 1. The van der Waals surface area contributed by atoms with Crippen LogP contribution in [0.4, 0.5) is 28.9 Å². The van der Waals surface area contributed by atoms with Crippen molar-refractivity contribution in [2.75, 3.05) is 30.4 Å². The number of alkyl halides is 3. The topological polar surface area (TPSA) is 77.2 Å². The van der Waals surface area contributed by atoms with Gasteiger partial charge in [-0.3, -0.25) is 9.59 Å². The van der Waals surface area contributed by atoms with Gasteiger partial charge in [0.15, 0.2) is 0 Å². The van der Waals surface area contributed by atoms with Gasteiger partial charge in [-0.15, -0.1) is 0 Å². The van der Waals surface area contributed by atoms with Gasteiger partial charge in [0.2, 0.25) is 5.56 Å². The molecule has 1 saturated heterocycles. The van der Waals surface area contributed by atoms with Crippen LogP contribution in [0.15, 0.2) is 35.3 Å². The highest BCUT2D eigenvalue weighted by Gasteiger charge is 2.36. The molecule has 1 unspecified atom stereocenters. The Morgan fingerprint density at radius 3 is 2.68 bits per heavy atom. The number of hydrogen-bond donors (Lipinski definition) is 3. The van der Waals surface area contributed by atoms with Crippen molar-refractivity contribution in [1.82, 2.24) is 10.3 Å². The summed E-state index contributed by atoms with van der Waals surface area (Å²) in [6.45, 7) is 1.17. The maximum atomic E-state index is 13.8. The summed E-state index contributed by atoms with van der Waals surface area (Å²) in [7, 11) is 1.80. The quantitative estimate of drug-likeness (QED) is 0.692. The van der Waals surface area contributed by atoms with Crippen LogP contribution in [0, 0.1) is 5.82 Å². The summed E-state index contributed by atoms with van der Waals surface area (Å²) in [5, 5.41) is 5.52.